The van der Waals surface area contributed by atoms with E-state index in [-0.39, 0.29) is 11.9 Å². The van der Waals surface area contributed by atoms with Gasteiger partial charge in [0.15, 0.2) is 11.5 Å². The summed E-state index contributed by atoms with van der Waals surface area (Å²) in [4.78, 5) is 0. The lowest BCUT2D eigenvalue weighted by Gasteiger charge is -2.29. The summed E-state index contributed by atoms with van der Waals surface area (Å²) in [6.07, 6.45) is 0.0271. The van der Waals surface area contributed by atoms with Gasteiger partial charge in [-0.1, -0.05) is 13.8 Å². The Balaban J connectivity index is 2.33. The normalized spacial score (nSPS) is 19.4. The third kappa shape index (κ3) is 2.09. The maximum atomic E-state index is 13.0. The number of benzene rings is 1. The van der Waals surface area contributed by atoms with Gasteiger partial charge in [0, 0.05) is 6.07 Å². The molecule has 0 unspecified atom stereocenters. The van der Waals surface area contributed by atoms with Crippen molar-refractivity contribution in [1.29, 1.82) is 0 Å². The molecule has 0 aromatic heterocycles. The van der Waals surface area contributed by atoms with Crippen molar-refractivity contribution >= 4 is 15.9 Å². The maximum Gasteiger partial charge on any atom is 0.176 e. The van der Waals surface area contributed by atoms with E-state index in [2.05, 4.69) is 29.8 Å². The quantitative estimate of drug-likeness (QED) is 0.782. The first-order chi connectivity index (χ1) is 7.08. The summed E-state index contributed by atoms with van der Waals surface area (Å²) in [5, 5.41) is 0. The molecule has 2 rings (SSSR count). The number of hydrogen-bond donors (Lipinski definition) is 0. The molecule has 0 aliphatic carbocycles. The van der Waals surface area contributed by atoms with Gasteiger partial charge in [-0.3, -0.25) is 0 Å². The molecule has 0 spiro atoms. The second-order valence-corrected chi connectivity index (χ2v) is 4.78. The Labute approximate surface area is 96.5 Å². The van der Waals surface area contributed by atoms with Crippen LogP contribution in [0.15, 0.2) is 16.6 Å². The molecule has 0 saturated heterocycles. The van der Waals surface area contributed by atoms with Crippen LogP contribution in [-0.2, 0) is 0 Å². The predicted octanol–water partition coefficient (Wildman–Crippen LogP) is 3.38. The van der Waals surface area contributed by atoms with E-state index in [1.54, 1.807) is 0 Å². The number of hydrogen-bond acceptors (Lipinski definition) is 2. The number of fused-ring (bicyclic) bond motifs is 1. The maximum absolute atomic E-state index is 13.0. The summed E-state index contributed by atoms with van der Waals surface area (Å²) in [6.45, 7) is 4.60. The first kappa shape index (κ1) is 10.7. The molecule has 0 amide bonds. The Morgan fingerprint density at radius 3 is 2.87 bits per heavy atom. The molecular weight excluding hydrogens is 263 g/mol. The molecule has 4 heteroatoms. The van der Waals surface area contributed by atoms with Gasteiger partial charge in [-0.2, -0.15) is 0 Å². The summed E-state index contributed by atoms with van der Waals surface area (Å²) in [6, 6.07) is 2.72. The Morgan fingerprint density at radius 1 is 1.47 bits per heavy atom. The fraction of sp³-hybridized carbons (Fsp3) is 0.455. The fourth-order valence-electron chi connectivity index (χ4n) is 1.44. The molecule has 0 saturated carbocycles. The zero-order valence-electron chi connectivity index (χ0n) is 8.59. The molecule has 0 N–H and O–H groups in total. The Morgan fingerprint density at radius 2 is 2.20 bits per heavy atom. The molecule has 1 aromatic carbocycles. The Bertz CT molecular complexity index is 379. The average molecular weight is 275 g/mol. The highest BCUT2D eigenvalue weighted by Crippen LogP contribution is 2.40. The van der Waals surface area contributed by atoms with E-state index in [0.717, 1.165) is 0 Å². The van der Waals surface area contributed by atoms with Crippen LogP contribution in [0.4, 0.5) is 4.39 Å². The molecule has 1 aliphatic rings. The molecule has 1 aromatic rings. The summed E-state index contributed by atoms with van der Waals surface area (Å²) >= 11 is 3.26. The minimum absolute atomic E-state index is 0.0271. The van der Waals surface area contributed by atoms with Crippen molar-refractivity contribution < 1.29 is 13.9 Å². The van der Waals surface area contributed by atoms with Crippen LogP contribution in [0.2, 0.25) is 0 Å². The van der Waals surface area contributed by atoms with Crippen LogP contribution in [0.1, 0.15) is 13.8 Å². The van der Waals surface area contributed by atoms with Crippen LogP contribution in [0.5, 0.6) is 11.5 Å². The lowest BCUT2D eigenvalue weighted by Crippen LogP contribution is -2.33. The molecule has 1 atom stereocenters. The molecule has 0 fully saturated rings. The topological polar surface area (TPSA) is 18.5 Å². The van der Waals surface area contributed by atoms with Gasteiger partial charge in [-0.15, -0.1) is 0 Å². The number of rotatable bonds is 1. The smallest absolute Gasteiger partial charge is 0.176 e. The van der Waals surface area contributed by atoms with E-state index < -0.39 is 0 Å². The van der Waals surface area contributed by atoms with Gasteiger partial charge in [0.1, 0.15) is 18.5 Å². The number of halogens is 2. The minimum atomic E-state index is -0.327. The highest BCUT2D eigenvalue weighted by Gasteiger charge is 2.26. The summed E-state index contributed by atoms with van der Waals surface area (Å²) in [5.74, 6) is 1.11. The van der Waals surface area contributed by atoms with E-state index in [9.17, 15) is 4.39 Å². The van der Waals surface area contributed by atoms with Gasteiger partial charge in [0.2, 0.25) is 0 Å². The van der Waals surface area contributed by atoms with Crippen molar-refractivity contribution in [3.05, 3.63) is 22.4 Å². The van der Waals surface area contributed by atoms with Gasteiger partial charge < -0.3 is 9.47 Å². The van der Waals surface area contributed by atoms with Gasteiger partial charge in [0.25, 0.3) is 0 Å². The van der Waals surface area contributed by atoms with Gasteiger partial charge in [0.05, 0.1) is 4.47 Å². The van der Waals surface area contributed by atoms with Crippen molar-refractivity contribution in [3.8, 4) is 11.5 Å². The van der Waals surface area contributed by atoms with E-state index in [4.69, 9.17) is 9.47 Å². The van der Waals surface area contributed by atoms with Crippen LogP contribution in [-0.4, -0.2) is 12.7 Å². The fourth-order valence-corrected chi connectivity index (χ4v) is 1.95. The third-order valence-electron chi connectivity index (χ3n) is 2.39. The third-order valence-corrected chi connectivity index (χ3v) is 2.98. The van der Waals surface area contributed by atoms with E-state index >= 15 is 0 Å². The summed E-state index contributed by atoms with van der Waals surface area (Å²) < 4.78 is 24.9. The number of ether oxygens (including phenoxy) is 2. The Kier molecular flexibility index (Phi) is 2.87. The van der Waals surface area contributed by atoms with Crippen molar-refractivity contribution in [1.82, 2.24) is 0 Å². The first-order valence-electron chi connectivity index (χ1n) is 4.86. The summed E-state index contributed by atoms with van der Waals surface area (Å²) in [7, 11) is 0. The average Bonchev–Trinajstić information content (AvgIpc) is 2.16. The van der Waals surface area contributed by atoms with Gasteiger partial charge >= 0.3 is 0 Å². The second kappa shape index (κ2) is 4.00. The molecular formula is C11H12BrFO2. The van der Waals surface area contributed by atoms with Crippen molar-refractivity contribution in [2.45, 2.75) is 20.0 Å². The van der Waals surface area contributed by atoms with Gasteiger partial charge in [-0.25, -0.2) is 4.39 Å². The predicted molar refractivity (Wildman–Crippen MR) is 58.8 cm³/mol. The van der Waals surface area contributed by atoms with Crippen LogP contribution in [0, 0.1) is 11.7 Å². The van der Waals surface area contributed by atoms with E-state index in [1.165, 1.54) is 12.1 Å². The molecule has 15 heavy (non-hydrogen) atoms. The molecule has 1 heterocycles. The highest BCUT2D eigenvalue weighted by molar-refractivity contribution is 9.10. The van der Waals surface area contributed by atoms with Crippen LogP contribution < -0.4 is 9.47 Å². The standard InChI is InChI=1S/C11H12BrFO2/c1-6(2)10-5-14-9-4-7(13)3-8(12)11(9)15-10/h3-4,6,10H,5H2,1-2H3/t10-/m0/s1. The van der Waals surface area contributed by atoms with Crippen LogP contribution in [0.3, 0.4) is 0 Å². The highest BCUT2D eigenvalue weighted by atomic mass is 79.9. The lowest BCUT2D eigenvalue weighted by molar-refractivity contribution is 0.0578. The molecule has 1 aliphatic heterocycles. The molecule has 2 nitrogen and oxygen atoms in total. The van der Waals surface area contributed by atoms with Gasteiger partial charge in [-0.05, 0) is 27.9 Å². The monoisotopic (exact) mass is 274 g/mol. The van der Waals surface area contributed by atoms with E-state index in [1.807, 2.05) is 0 Å². The Hall–Kier alpha value is -0.770. The van der Waals surface area contributed by atoms with Crippen LogP contribution >= 0.6 is 15.9 Å². The second-order valence-electron chi connectivity index (χ2n) is 3.93. The largest absolute Gasteiger partial charge is 0.486 e. The summed E-state index contributed by atoms with van der Waals surface area (Å²) in [5.41, 5.74) is 0. The molecule has 0 bridgehead atoms. The van der Waals surface area contributed by atoms with E-state index in [0.29, 0.717) is 28.5 Å². The minimum Gasteiger partial charge on any atom is -0.486 e. The zero-order chi connectivity index (χ0) is 11.0. The molecule has 0 radical (unpaired) electrons. The zero-order valence-corrected chi connectivity index (χ0v) is 10.2. The molecule has 82 valence electrons. The van der Waals surface area contributed by atoms with Crippen LogP contribution in [0.25, 0.3) is 0 Å². The van der Waals surface area contributed by atoms with Crippen molar-refractivity contribution in [2.75, 3.05) is 6.61 Å². The van der Waals surface area contributed by atoms with Crippen molar-refractivity contribution in [2.24, 2.45) is 5.92 Å². The SMILES string of the molecule is CC(C)[C@@H]1COc2cc(F)cc(Br)c2O1. The van der Waals surface area contributed by atoms with Crippen molar-refractivity contribution in [3.63, 3.8) is 0 Å². The lowest BCUT2D eigenvalue weighted by atomic mass is 10.1. The first-order valence-corrected chi connectivity index (χ1v) is 5.65.